The molecule has 0 aliphatic heterocycles. The van der Waals surface area contributed by atoms with Crippen LogP contribution in [0.2, 0.25) is 26.2 Å². The fourth-order valence-corrected chi connectivity index (χ4v) is 7.88. The van der Waals surface area contributed by atoms with Crippen LogP contribution in [0.1, 0.15) is 0 Å². The fraction of sp³-hybridized carbons (Fsp3) is 1.00. The van der Waals surface area contributed by atoms with Gasteiger partial charge < -0.3 is 16.5 Å². The highest BCUT2D eigenvalue weighted by Crippen LogP contribution is 2.11. The van der Waals surface area contributed by atoms with Gasteiger partial charge in [-0.3, -0.25) is 0 Å². The molecule has 0 heterocycles. The van der Waals surface area contributed by atoms with Crippen molar-refractivity contribution in [3.05, 3.63) is 0 Å². The van der Waals surface area contributed by atoms with Crippen molar-refractivity contribution >= 4 is 47.9 Å². The van der Waals surface area contributed by atoms with E-state index in [1.807, 2.05) is 13.1 Å². The van der Waals surface area contributed by atoms with E-state index in [-0.39, 0.29) is 0 Å². The van der Waals surface area contributed by atoms with Crippen molar-refractivity contribution < 1.29 is 16.5 Å². The molecule has 0 aromatic carbocycles. The summed E-state index contributed by atoms with van der Waals surface area (Å²) >= 11 is 0. The van der Waals surface area contributed by atoms with Crippen molar-refractivity contribution in [3.8, 4) is 0 Å². The lowest BCUT2D eigenvalue weighted by atomic mass is 11.9. The summed E-state index contributed by atoms with van der Waals surface area (Å²) in [4.78, 5) is 0. The summed E-state index contributed by atoms with van der Waals surface area (Å²) in [7, 11) is -8.37. The lowest BCUT2D eigenvalue weighted by Crippen LogP contribution is -2.53. The van der Waals surface area contributed by atoms with E-state index >= 15 is 0 Å². The topological polar surface area (TPSA) is 36.9 Å². The van der Waals surface area contributed by atoms with E-state index < -0.39 is 47.9 Å². The van der Waals surface area contributed by atoms with Crippen molar-refractivity contribution in [3.63, 3.8) is 0 Å². The second-order valence-electron chi connectivity index (χ2n) is 2.72. The minimum Gasteiger partial charge on any atom is -0.399 e. The van der Waals surface area contributed by atoms with Crippen molar-refractivity contribution in [1.82, 2.24) is 0 Å². The second kappa shape index (κ2) is 6.42. The molecule has 0 aliphatic rings. The van der Waals surface area contributed by atoms with Gasteiger partial charge in [-0.2, -0.15) is 0 Å². The molecule has 13 heavy (non-hydrogen) atoms. The molecule has 0 aliphatic carbocycles. The smallest absolute Gasteiger partial charge is 0.399 e. The zero-order valence-electron chi connectivity index (χ0n) is 11.1. The highest BCUT2D eigenvalue weighted by molar-refractivity contribution is 6.74. The van der Waals surface area contributed by atoms with Crippen LogP contribution in [0.15, 0.2) is 0 Å². The Bertz CT molecular complexity index is 197. The third kappa shape index (κ3) is 5.38. The van der Waals surface area contributed by atoms with Gasteiger partial charge in [-0.05, 0) is 26.2 Å². The summed E-state index contributed by atoms with van der Waals surface area (Å²) in [6, 6.07) is 0. The van der Waals surface area contributed by atoms with Crippen LogP contribution in [0.3, 0.4) is 0 Å². The third-order valence-corrected chi connectivity index (χ3v) is 8.17. The Morgan fingerprint density at radius 2 is 1.92 bits per heavy atom. The van der Waals surface area contributed by atoms with Gasteiger partial charge >= 0.3 is 9.05 Å². The van der Waals surface area contributed by atoms with E-state index in [1.54, 1.807) is 13.1 Å². The minimum absolute atomic E-state index is 0.583. The molecule has 0 saturated carbocycles. The third-order valence-electron chi connectivity index (χ3n) is 0.908. The first-order chi connectivity index (χ1) is 7.24. The zero-order chi connectivity index (χ0) is 12.8. The quantitative estimate of drug-likeness (QED) is 0.551. The summed E-state index contributed by atoms with van der Waals surface area (Å²) in [6.07, 6.45) is 0. The highest BCUT2D eigenvalue weighted by atomic mass is 28.5. The molecule has 0 aromatic heterocycles. The Morgan fingerprint density at radius 3 is 2.23 bits per heavy atom. The maximum Gasteiger partial charge on any atom is 0.635 e. The molecular formula is C4H15O4Si5. The lowest BCUT2D eigenvalue weighted by molar-refractivity contribution is 0.176. The molecule has 75 valence electrons. The van der Waals surface area contributed by atoms with Gasteiger partial charge in [-0.1, -0.05) is 0 Å². The summed E-state index contributed by atoms with van der Waals surface area (Å²) in [5.41, 5.74) is 0. The van der Waals surface area contributed by atoms with Crippen molar-refractivity contribution in [2.45, 2.75) is 26.2 Å². The maximum atomic E-state index is 7.80. The molecule has 0 unspecified atom stereocenters. The van der Waals surface area contributed by atoms with Crippen LogP contribution in [-0.4, -0.2) is 51.6 Å². The van der Waals surface area contributed by atoms with Crippen LogP contribution >= 0.6 is 0 Å². The molecule has 0 fully saturated rings. The number of rotatable bonds is 8. The average Bonchev–Trinajstić information content (AvgIpc) is 1.98. The van der Waals surface area contributed by atoms with Gasteiger partial charge in [0.1, 0.15) is 0 Å². The molecule has 0 amide bonds. The van der Waals surface area contributed by atoms with Crippen molar-refractivity contribution in [2.75, 3.05) is 0 Å². The first kappa shape index (κ1) is 9.17. The molecule has 0 aromatic rings. The van der Waals surface area contributed by atoms with Gasteiger partial charge in [0.05, 0.1) is 0 Å². The SMILES string of the molecule is [3H][Si]O[Si](O[Si][3H])(O[Si](C)C)O[Si]([3H])(C)C. The van der Waals surface area contributed by atoms with E-state index in [4.69, 9.17) is 20.2 Å². The molecule has 0 rings (SSSR count). The molecule has 9 heteroatoms. The van der Waals surface area contributed by atoms with E-state index in [0.717, 1.165) is 0 Å². The van der Waals surface area contributed by atoms with Crippen molar-refractivity contribution in [2.24, 2.45) is 0 Å². The predicted molar refractivity (Wildman–Crippen MR) is 60.8 cm³/mol. The summed E-state index contributed by atoms with van der Waals surface area (Å²) in [5.74, 6) is 0. The maximum absolute atomic E-state index is 7.80. The summed E-state index contributed by atoms with van der Waals surface area (Å²) < 4.78 is 43.3. The second-order valence-corrected chi connectivity index (χ2v) is 10.6. The Labute approximate surface area is 94.6 Å². The van der Waals surface area contributed by atoms with Crippen LogP contribution in [0.25, 0.3) is 0 Å². The molecule has 0 N–H and O–H groups in total. The van der Waals surface area contributed by atoms with E-state index in [1.165, 1.54) is 0 Å². The van der Waals surface area contributed by atoms with E-state index in [9.17, 15) is 0 Å². The zero-order valence-corrected chi connectivity index (χ0v) is 13.1. The molecule has 0 saturated heterocycles. The van der Waals surface area contributed by atoms with Gasteiger partial charge in [0.25, 0.3) is 0 Å². The lowest BCUT2D eigenvalue weighted by Gasteiger charge is -2.29. The highest BCUT2D eigenvalue weighted by Gasteiger charge is 2.43. The average molecular weight is 274 g/mol. The fourth-order valence-electron chi connectivity index (χ4n) is 0.625. The molecular weight excluding hydrogens is 252 g/mol. The number of hydrogen-bond donors (Lipinski definition) is 0. The molecule has 4 nitrogen and oxygen atoms in total. The van der Waals surface area contributed by atoms with Crippen LogP contribution in [0.5, 0.6) is 0 Å². The van der Waals surface area contributed by atoms with E-state index in [0.29, 0.717) is 0 Å². The largest absolute Gasteiger partial charge is 0.635 e. The van der Waals surface area contributed by atoms with Gasteiger partial charge in [-0.15, -0.1) is 0 Å². The van der Waals surface area contributed by atoms with Gasteiger partial charge in [-0.25, -0.2) is 0 Å². The van der Waals surface area contributed by atoms with Crippen LogP contribution in [-0.2, 0) is 16.5 Å². The van der Waals surface area contributed by atoms with Crippen LogP contribution < -0.4 is 0 Å². The van der Waals surface area contributed by atoms with Gasteiger partial charge in [0.2, 0.25) is 0 Å². The standard InChI is InChI=1S/C4H15O4Si5/c1-11(2)7-13(5-9,6-10)8-12(3)4/h9-11H,1-4H3/i9T,10T,11T. The van der Waals surface area contributed by atoms with Gasteiger partial charge in [0, 0.05) is 3.70 Å². The Balaban J connectivity index is 4.77. The number of hydrogen-bond acceptors (Lipinski definition) is 4. The van der Waals surface area contributed by atoms with Crippen molar-refractivity contribution in [1.29, 1.82) is 3.70 Å². The van der Waals surface area contributed by atoms with Gasteiger partial charge in [0.15, 0.2) is 38.8 Å². The predicted octanol–water partition coefficient (Wildman–Crippen LogP) is -0.646. The van der Waals surface area contributed by atoms with Crippen LogP contribution in [0, 0.1) is 0 Å². The van der Waals surface area contributed by atoms with E-state index in [2.05, 4.69) is 0 Å². The molecule has 0 spiro atoms. The monoisotopic (exact) mass is 273 g/mol. The first-order valence-electron chi connectivity index (χ1n) is 5.13. The Hall–Kier alpha value is 0.924. The first-order valence-corrected chi connectivity index (χ1v) is 10.9. The molecule has 0 atom stereocenters. The molecule has 5 radical (unpaired) electrons. The summed E-state index contributed by atoms with van der Waals surface area (Å²) in [5, 5.41) is 0. The Morgan fingerprint density at radius 1 is 1.38 bits per heavy atom. The summed E-state index contributed by atoms with van der Waals surface area (Å²) in [6.45, 7) is 7.12. The minimum atomic E-state index is -3.42. The van der Waals surface area contributed by atoms with Crippen LogP contribution in [0.4, 0.5) is 0 Å². The normalized spacial score (nSPS) is 16.8. The molecule has 0 bridgehead atoms. The Kier molecular flexibility index (Phi) is 4.53.